The predicted molar refractivity (Wildman–Crippen MR) is 98.3 cm³/mol. The normalized spacial score (nSPS) is 26.2. The number of rotatable bonds is 9. The van der Waals surface area contributed by atoms with Gasteiger partial charge in [-0.05, 0) is 45.4 Å². The van der Waals surface area contributed by atoms with Crippen molar-refractivity contribution in [2.24, 2.45) is 0 Å². The van der Waals surface area contributed by atoms with Gasteiger partial charge in [-0.2, -0.15) is 0 Å². The van der Waals surface area contributed by atoms with E-state index in [-0.39, 0.29) is 18.0 Å². The standard InChI is InChI=1S/C17H28FN3O5S/c1-20(2)8-9-21(3)16-14(26-15(11-22)17(16)23)10-19-27(24,25)13-6-4-12(18)5-7-13/h4-7,14-17,19,22-23H,8-11H2,1-3H3/t14-,15+,16-,17-/m1/s1. The number of halogens is 1. The number of hydrogen-bond acceptors (Lipinski definition) is 7. The highest BCUT2D eigenvalue weighted by Crippen LogP contribution is 2.25. The predicted octanol–water partition coefficient (Wildman–Crippen LogP) is -0.913. The maximum atomic E-state index is 13.0. The Hall–Kier alpha value is -1.14. The number of nitrogens with zero attached hydrogens (tertiary/aromatic N) is 2. The fraction of sp³-hybridized carbons (Fsp3) is 0.647. The van der Waals surface area contributed by atoms with Crippen LogP contribution in [0.4, 0.5) is 4.39 Å². The SMILES string of the molecule is CN(C)CCN(C)[C@H]1[C@H](O)[C@H](CO)O[C@@H]1CNS(=O)(=O)c1ccc(F)cc1. The van der Waals surface area contributed by atoms with Gasteiger partial charge >= 0.3 is 0 Å². The van der Waals surface area contributed by atoms with E-state index in [1.165, 1.54) is 12.1 Å². The van der Waals surface area contributed by atoms with Gasteiger partial charge in [0.2, 0.25) is 10.0 Å². The monoisotopic (exact) mass is 405 g/mol. The molecule has 4 atom stereocenters. The molecule has 0 bridgehead atoms. The highest BCUT2D eigenvalue weighted by Gasteiger charge is 2.45. The molecule has 1 aromatic rings. The van der Waals surface area contributed by atoms with E-state index >= 15 is 0 Å². The summed E-state index contributed by atoms with van der Waals surface area (Å²) in [5, 5.41) is 19.9. The minimum Gasteiger partial charge on any atom is -0.394 e. The van der Waals surface area contributed by atoms with Crippen molar-refractivity contribution in [2.45, 2.75) is 29.2 Å². The van der Waals surface area contributed by atoms with Gasteiger partial charge in [-0.3, -0.25) is 4.90 Å². The number of aliphatic hydroxyl groups excluding tert-OH is 2. The third-order valence-electron chi connectivity index (χ3n) is 4.65. The first kappa shape index (κ1) is 22.2. The van der Waals surface area contributed by atoms with Crippen molar-refractivity contribution >= 4 is 10.0 Å². The molecule has 1 heterocycles. The molecule has 0 unspecified atom stereocenters. The van der Waals surface area contributed by atoms with Gasteiger partial charge in [-0.15, -0.1) is 0 Å². The van der Waals surface area contributed by atoms with Crippen molar-refractivity contribution in [2.75, 3.05) is 47.4 Å². The summed E-state index contributed by atoms with van der Waals surface area (Å²) in [6.45, 7) is 0.944. The van der Waals surface area contributed by atoms with Crippen LogP contribution < -0.4 is 4.72 Å². The molecule has 8 nitrogen and oxygen atoms in total. The van der Waals surface area contributed by atoms with Gasteiger partial charge < -0.3 is 19.8 Å². The van der Waals surface area contributed by atoms with Crippen LogP contribution >= 0.6 is 0 Å². The Balaban J connectivity index is 2.08. The van der Waals surface area contributed by atoms with Crippen molar-refractivity contribution in [3.63, 3.8) is 0 Å². The summed E-state index contributed by atoms with van der Waals surface area (Å²) < 4.78 is 45.9. The van der Waals surface area contributed by atoms with E-state index in [0.717, 1.165) is 18.7 Å². The average molecular weight is 405 g/mol. The largest absolute Gasteiger partial charge is 0.394 e. The quantitative estimate of drug-likeness (QED) is 0.489. The van der Waals surface area contributed by atoms with Gasteiger partial charge in [-0.1, -0.05) is 0 Å². The molecule has 0 aromatic heterocycles. The van der Waals surface area contributed by atoms with Crippen LogP contribution in [0.3, 0.4) is 0 Å². The average Bonchev–Trinajstić information content (AvgIpc) is 2.94. The zero-order chi connectivity index (χ0) is 20.2. The van der Waals surface area contributed by atoms with Gasteiger partial charge in [0, 0.05) is 19.6 Å². The summed E-state index contributed by atoms with van der Waals surface area (Å²) in [5.41, 5.74) is 0. The fourth-order valence-corrected chi connectivity index (χ4v) is 4.13. The Morgan fingerprint density at radius 3 is 2.33 bits per heavy atom. The Bertz CT molecular complexity index is 701. The summed E-state index contributed by atoms with van der Waals surface area (Å²) in [4.78, 5) is 3.84. The van der Waals surface area contributed by atoms with Crippen molar-refractivity contribution in [1.82, 2.24) is 14.5 Å². The first-order valence-electron chi connectivity index (χ1n) is 8.70. The lowest BCUT2D eigenvalue weighted by Gasteiger charge is -2.31. The Labute approximate surface area is 159 Å². The third kappa shape index (κ3) is 5.67. The van der Waals surface area contributed by atoms with Crippen LogP contribution in [-0.4, -0.2) is 100 Å². The smallest absolute Gasteiger partial charge is 0.240 e. The first-order valence-corrected chi connectivity index (χ1v) is 10.2. The zero-order valence-electron chi connectivity index (χ0n) is 15.7. The van der Waals surface area contributed by atoms with E-state index in [0.29, 0.717) is 6.54 Å². The topological polar surface area (TPSA) is 102 Å². The van der Waals surface area contributed by atoms with Crippen molar-refractivity contribution in [1.29, 1.82) is 0 Å². The van der Waals surface area contributed by atoms with Crippen molar-refractivity contribution in [3.8, 4) is 0 Å². The number of benzene rings is 1. The molecule has 0 aliphatic carbocycles. The lowest BCUT2D eigenvalue weighted by atomic mass is 10.0. The molecule has 10 heteroatoms. The summed E-state index contributed by atoms with van der Waals surface area (Å²) in [6, 6.07) is 4.03. The molecule has 1 aliphatic rings. The van der Waals surface area contributed by atoms with Crippen molar-refractivity contribution < 1.29 is 27.8 Å². The second-order valence-corrected chi connectivity index (χ2v) is 8.73. The molecule has 0 saturated carbocycles. The van der Waals surface area contributed by atoms with Crippen LogP contribution in [0.2, 0.25) is 0 Å². The van der Waals surface area contributed by atoms with E-state index in [1.54, 1.807) is 0 Å². The van der Waals surface area contributed by atoms with E-state index in [2.05, 4.69) is 4.72 Å². The molecule has 1 aromatic carbocycles. The fourth-order valence-electron chi connectivity index (χ4n) is 3.09. The molecule has 1 fully saturated rings. The van der Waals surface area contributed by atoms with Crippen LogP contribution in [0.1, 0.15) is 0 Å². The number of hydrogen-bond donors (Lipinski definition) is 3. The van der Waals surface area contributed by atoms with Gasteiger partial charge in [-0.25, -0.2) is 17.5 Å². The lowest BCUT2D eigenvalue weighted by Crippen LogP contribution is -2.51. The molecule has 3 N–H and O–H groups in total. The number of aliphatic hydroxyl groups is 2. The maximum absolute atomic E-state index is 13.0. The Morgan fingerprint density at radius 1 is 1.15 bits per heavy atom. The lowest BCUT2D eigenvalue weighted by molar-refractivity contribution is -0.0201. The summed E-state index contributed by atoms with van der Waals surface area (Å²) in [7, 11) is 1.83. The maximum Gasteiger partial charge on any atom is 0.240 e. The molecule has 0 radical (unpaired) electrons. The summed E-state index contributed by atoms with van der Waals surface area (Å²) in [5.74, 6) is -0.524. The van der Waals surface area contributed by atoms with Gasteiger partial charge in [0.1, 0.15) is 18.0 Å². The van der Waals surface area contributed by atoms with Crippen molar-refractivity contribution in [3.05, 3.63) is 30.1 Å². The zero-order valence-corrected chi connectivity index (χ0v) is 16.6. The van der Waals surface area contributed by atoms with Crippen LogP contribution in [0.25, 0.3) is 0 Å². The molecule has 0 spiro atoms. The number of likely N-dealkylation sites (N-methyl/N-ethyl adjacent to an activating group) is 2. The second kappa shape index (κ2) is 9.37. The highest BCUT2D eigenvalue weighted by atomic mass is 32.2. The molecule has 1 saturated heterocycles. The summed E-state index contributed by atoms with van der Waals surface area (Å²) >= 11 is 0. The number of nitrogens with one attached hydrogen (secondary N) is 1. The Kier molecular flexibility index (Phi) is 7.69. The molecule has 2 rings (SSSR count). The van der Waals surface area contributed by atoms with Gasteiger partial charge in [0.05, 0.1) is 23.6 Å². The minimum atomic E-state index is -3.85. The minimum absolute atomic E-state index is 0.0568. The van der Waals surface area contributed by atoms with Gasteiger partial charge in [0.15, 0.2) is 0 Å². The Morgan fingerprint density at radius 2 is 1.78 bits per heavy atom. The van der Waals surface area contributed by atoms with E-state index in [4.69, 9.17) is 4.74 Å². The van der Waals surface area contributed by atoms with Crippen LogP contribution in [-0.2, 0) is 14.8 Å². The van der Waals surface area contributed by atoms with E-state index < -0.39 is 40.2 Å². The van der Waals surface area contributed by atoms with Crippen LogP contribution in [0.15, 0.2) is 29.2 Å². The molecule has 154 valence electrons. The van der Waals surface area contributed by atoms with Gasteiger partial charge in [0.25, 0.3) is 0 Å². The second-order valence-electron chi connectivity index (χ2n) is 6.97. The first-order chi connectivity index (χ1) is 12.7. The van der Waals surface area contributed by atoms with Crippen LogP contribution in [0, 0.1) is 5.82 Å². The van der Waals surface area contributed by atoms with E-state index in [1.807, 2.05) is 30.9 Å². The molecular formula is C17H28FN3O5S. The number of ether oxygens (including phenoxy) is 1. The summed E-state index contributed by atoms with van der Waals surface area (Å²) in [6.07, 6.45) is -2.36. The van der Waals surface area contributed by atoms with Crippen LogP contribution in [0.5, 0.6) is 0 Å². The number of sulfonamides is 1. The molecule has 27 heavy (non-hydrogen) atoms. The highest BCUT2D eigenvalue weighted by molar-refractivity contribution is 7.89. The third-order valence-corrected chi connectivity index (χ3v) is 6.09. The van der Waals surface area contributed by atoms with E-state index in [9.17, 15) is 23.0 Å². The molecule has 0 amide bonds. The molecular weight excluding hydrogens is 377 g/mol. The molecule has 1 aliphatic heterocycles.